The molecule has 0 radical (unpaired) electrons. The highest BCUT2D eigenvalue weighted by Crippen LogP contribution is 2.20. The van der Waals surface area contributed by atoms with Crippen molar-refractivity contribution in [3.63, 3.8) is 0 Å². The SMILES string of the molecule is C=CCOc1ccc(C=NNC(=O)C(C)Sc2ccccn2)cc1. The van der Waals surface area contributed by atoms with Crippen molar-refractivity contribution >= 4 is 23.9 Å². The predicted octanol–water partition coefficient (Wildman–Crippen LogP) is 3.28. The first-order valence-corrected chi connectivity index (χ1v) is 8.31. The van der Waals surface area contributed by atoms with Gasteiger partial charge in [-0.05, 0) is 48.9 Å². The molecule has 1 heterocycles. The van der Waals surface area contributed by atoms with E-state index in [1.165, 1.54) is 11.8 Å². The minimum Gasteiger partial charge on any atom is -0.490 e. The minimum absolute atomic E-state index is 0.173. The molecule has 24 heavy (non-hydrogen) atoms. The van der Waals surface area contributed by atoms with Gasteiger partial charge >= 0.3 is 0 Å². The summed E-state index contributed by atoms with van der Waals surface area (Å²) in [5, 5.41) is 4.50. The summed E-state index contributed by atoms with van der Waals surface area (Å²) in [5.41, 5.74) is 3.40. The maximum Gasteiger partial charge on any atom is 0.253 e. The minimum atomic E-state index is -0.285. The Bertz CT molecular complexity index is 687. The molecule has 124 valence electrons. The summed E-state index contributed by atoms with van der Waals surface area (Å²) >= 11 is 1.39. The van der Waals surface area contributed by atoms with Crippen molar-refractivity contribution in [3.8, 4) is 5.75 Å². The largest absolute Gasteiger partial charge is 0.490 e. The van der Waals surface area contributed by atoms with Crippen LogP contribution >= 0.6 is 11.8 Å². The van der Waals surface area contributed by atoms with Crippen molar-refractivity contribution < 1.29 is 9.53 Å². The first kappa shape index (κ1) is 17.7. The molecule has 1 unspecified atom stereocenters. The average molecular weight is 341 g/mol. The van der Waals surface area contributed by atoms with Crippen LogP contribution in [0, 0.1) is 0 Å². The molecular weight excluding hydrogens is 322 g/mol. The standard InChI is InChI=1S/C18H19N3O2S/c1-3-12-23-16-9-7-15(8-10-16)13-20-21-18(22)14(2)24-17-6-4-5-11-19-17/h3-11,13-14H,1,12H2,2H3,(H,21,22). The van der Waals surface area contributed by atoms with E-state index in [9.17, 15) is 4.79 Å². The molecule has 0 saturated carbocycles. The Balaban J connectivity index is 1.82. The highest BCUT2D eigenvalue weighted by atomic mass is 32.2. The smallest absolute Gasteiger partial charge is 0.253 e. The number of amides is 1. The van der Waals surface area contributed by atoms with Gasteiger partial charge in [0.25, 0.3) is 5.91 Å². The van der Waals surface area contributed by atoms with Crippen LogP contribution in [0.25, 0.3) is 0 Å². The number of hydrazone groups is 1. The van der Waals surface area contributed by atoms with Gasteiger partial charge in [0.15, 0.2) is 0 Å². The average Bonchev–Trinajstić information content (AvgIpc) is 2.61. The van der Waals surface area contributed by atoms with Crippen molar-refractivity contribution in [2.24, 2.45) is 5.10 Å². The molecule has 5 nitrogen and oxygen atoms in total. The summed E-state index contributed by atoms with van der Waals surface area (Å²) in [6, 6.07) is 13.0. The zero-order valence-corrected chi connectivity index (χ0v) is 14.2. The van der Waals surface area contributed by atoms with Crippen LogP contribution in [-0.4, -0.2) is 29.0 Å². The Morgan fingerprint density at radius 1 is 1.38 bits per heavy atom. The van der Waals surface area contributed by atoms with Crippen LogP contribution in [0.3, 0.4) is 0 Å². The molecule has 1 aromatic carbocycles. The van der Waals surface area contributed by atoms with Gasteiger partial charge in [-0.3, -0.25) is 4.79 Å². The van der Waals surface area contributed by atoms with E-state index in [1.54, 1.807) is 18.5 Å². The molecular formula is C18H19N3O2S. The number of ether oxygens (including phenoxy) is 1. The molecule has 1 amide bonds. The van der Waals surface area contributed by atoms with Gasteiger partial charge in [0.1, 0.15) is 12.4 Å². The molecule has 0 bridgehead atoms. The third kappa shape index (κ3) is 5.89. The van der Waals surface area contributed by atoms with Gasteiger partial charge < -0.3 is 4.74 Å². The quantitative estimate of drug-likeness (QED) is 0.346. The molecule has 1 N–H and O–H groups in total. The number of rotatable bonds is 8. The van der Waals surface area contributed by atoms with Gasteiger partial charge in [0, 0.05) is 6.20 Å². The summed E-state index contributed by atoms with van der Waals surface area (Å²) in [5.74, 6) is 0.587. The van der Waals surface area contributed by atoms with Gasteiger partial charge in [0.05, 0.1) is 16.5 Å². The van der Waals surface area contributed by atoms with E-state index in [-0.39, 0.29) is 11.2 Å². The van der Waals surface area contributed by atoms with Crippen LogP contribution in [0.4, 0.5) is 0 Å². The summed E-state index contributed by atoms with van der Waals surface area (Å²) in [6.45, 7) is 5.88. The van der Waals surface area contributed by atoms with Crippen LogP contribution in [0.1, 0.15) is 12.5 Å². The summed E-state index contributed by atoms with van der Waals surface area (Å²) in [7, 11) is 0. The number of carbonyl (C=O) groups is 1. The first-order chi connectivity index (χ1) is 11.7. The molecule has 2 aromatic rings. The maximum atomic E-state index is 12.0. The number of thioether (sulfide) groups is 1. The Morgan fingerprint density at radius 3 is 2.83 bits per heavy atom. The molecule has 1 atom stereocenters. The van der Waals surface area contributed by atoms with Crippen molar-refractivity contribution in [1.82, 2.24) is 10.4 Å². The van der Waals surface area contributed by atoms with Crippen LogP contribution in [0.5, 0.6) is 5.75 Å². The molecule has 0 saturated heterocycles. The fourth-order valence-electron chi connectivity index (χ4n) is 1.72. The summed E-state index contributed by atoms with van der Waals surface area (Å²) < 4.78 is 5.40. The second-order valence-electron chi connectivity index (χ2n) is 4.83. The second-order valence-corrected chi connectivity index (χ2v) is 6.19. The molecule has 0 spiro atoms. The number of nitrogens with zero attached hydrogens (tertiary/aromatic N) is 2. The number of benzene rings is 1. The maximum absolute atomic E-state index is 12.0. The Labute approximate surface area is 145 Å². The number of hydrogen-bond acceptors (Lipinski definition) is 5. The van der Waals surface area contributed by atoms with Gasteiger partial charge in [-0.25, -0.2) is 10.4 Å². The van der Waals surface area contributed by atoms with Gasteiger partial charge in [-0.1, -0.05) is 30.5 Å². The van der Waals surface area contributed by atoms with E-state index in [1.807, 2.05) is 49.4 Å². The van der Waals surface area contributed by atoms with Gasteiger partial charge in [-0.15, -0.1) is 0 Å². The van der Waals surface area contributed by atoms with Crippen molar-refractivity contribution in [1.29, 1.82) is 0 Å². The number of nitrogens with one attached hydrogen (secondary N) is 1. The lowest BCUT2D eigenvalue weighted by atomic mass is 10.2. The van der Waals surface area contributed by atoms with Crippen LogP contribution in [-0.2, 0) is 4.79 Å². The van der Waals surface area contributed by atoms with Crippen molar-refractivity contribution in [2.45, 2.75) is 17.2 Å². The Kier molecular flexibility index (Phi) is 7.04. The van der Waals surface area contributed by atoms with Gasteiger partial charge in [0.2, 0.25) is 0 Å². The lowest BCUT2D eigenvalue weighted by Crippen LogP contribution is -2.26. The first-order valence-electron chi connectivity index (χ1n) is 7.43. The zero-order valence-electron chi connectivity index (χ0n) is 13.4. The molecule has 2 rings (SSSR count). The summed E-state index contributed by atoms with van der Waals surface area (Å²) in [6.07, 6.45) is 4.98. The molecule has 1 aromatic heterocycles. The Morgan fingerprint density at radius 2 is 2.17 bits per heavy atom. The lowest BCUT2D eigenvalue weighted by Gasteiger charge is -2.08. The number of hydrogen-bond donors (Lipinski definition) is 1. The molecule has 6 heteroatoms. The van der Waals surface area contributed by atoms with Gasteiger partial charge in [-0.2, -0.15) is 5.10 Å². The third-order valence-corrected chi connectivity index (χ3v) is 3.99. The van der Waals surface area contributed by atoms with Crippen LogP contribution < -0.4 is 10.2 Å². The van der Waals surface area contributed by atoms with E-state index in [0.717, 1.165) is 16.3 Å². The van der Waals surface area contributed by atoms with Crippen molar-refractivity contribution in [2.75, 3.05) is 6.61 Å². The van der Waals surface area contributed by atoms with Crippen LogP contribution in [0.2, 0.25) is 0 Å². The van der Waals surface area contributed by atoms with E-state index in [2.05, 4.69) is 22.1 Å². The summed E-state index contributed by atoms with van der Waals surface area (Å²) in [4.78, 5) is 16.2. The Hall–Kier alpha value is -2.60. The second kappa shape index (κ2) is 9.52. The number of carbonyl (C=O) groups excluding carboxylic acids is 1. The number of aromatic nitrogens is 1. The fraction of sp³-hybridized carbons (Fsp3) is 0.167. The predicted molar refractivity (Wildman–Crippen MR) is 97.4 cm³/mol. The molecule has 0 aliphatic rings. The fourth-order valence-corrected chi connectivity index (χ4v) is 2.52. The van der Waals surface area contributed by atoms with E-state index < -0.39 is 0 Å². The third-order valence-electron chi connectivity index (χ3n) is 2.94. The zero-order chi connectivity index (χ0) is 17.2. The van der Waals surface area contributed by atoms with E-state index >= 15 is 0 Å². The van der Waals surface area contributed by atoms with E-state index in [4.69, 9.17) is 4.74 Å². The number of pyridine rings is 1. The molecule has 0 aliphatic heterocycles. The molecule has 0 fully saturated rings. The highest BCUT2D eigenvalue weighted by molar-refractivity contribution is 8.00. The normalized spacial score (nSPS) is 11.9. The topological polar surface area (TPSA) is 63.6 Å². The molecule has 0 aliphatic carbocycles. The highest BCUT2D eigenvalue weighted by Gasteiger charge is 2.13. The van der Waals surface area contributed by atoms with Crippen molar-refractivity contribution in [3.05, 3.63) is 66.9 Å². The van der Waals surface area contributed by atoms with Crippen LogP contribution in [0.15, 0.2) is 71.4 Å². The van der Waals surface area contributed by atoms with E-state index in [0.29, 0.717) is 6.61 Å². The monoisotopic (exact) mass is 341 g/mol. The lowest BCUT2D eigenvalue weighted by molar-refractivity contribution is -0.120.